The van der Waals surface area contributed by atoms with Crippen LogP contribution in [0.2, 0.25) is 0 Å². The van der Waals surface area contributed by atoms with Crippen LogP contribution in [0.4, 0.5) is 26.3 Å². The zero-order valence-electron chi connectivity index (χ0n) is 19.7. The van der Waals surface area contributed by atoms with Gasteiger partial charge in [-0.15, -0.1) is 0 Å². The molecular weight excluding hydrogens is 498 g/mol. The summed E-state index contributed by atoms with van der Waals surface area (Å²) in [5.74, 6) is 0. The number of hydrogen-bond donors (Lipinski definition) is 0. The molecule has 0 fully saturated rings. The Morgan fingerprint density at radius 1 is 0.368 bits per heavy atom. The Morgan fingerprint density at radius 2 is 0.789 bits per heavy atom. The minimum atomic E-state index is -4.94. The summed E-state index contributed by atoms with van der Waals surface area (Å²) in [6.07, 6.45) is -9.88. The first kappa shape index (κ1) is 24.0. The molecule has 0 aliphatic rings. The van der Waals surface area contributed by atoms with Gasteiger partial charge < -0.3 is 0 Å². The molecule has 0 bridgehead atoms. The molecule has 38 heavy (non-hydrogen) atoms. The Labute approximate surface area is 213 Å². The van der Waals surface area contributed by atoms with E-state index in [1.165, 1.54) is 0 Å². The third kappa shape index (κ3) is 4.06. The zero-order valence-corrected chi connectivity index (χ0v) is 19.7. The lowest BCUT2D eigenvalue weighted by Crippen LogP contribution is -2.11. The minimum Gasteiger partial charge on any atom is -0.166 e. The summed E-state index contributed by atoms with van der Waals surface area (Å²) in [6.45, 7) is 0. The third-order valence-corrected chi connectivity index (χ3v) is 6.85. The molecule has 0 saturated heterocycles. The summed E-state index contributed by atoms with van der Waals surface area (Å²) in [5, 5.41) is 4.70. The molecule has 0 radical (unpaired) electrons. The van der Waals surface area contributed by atoms with E-state index in [-0.39, 0.29) is 11.6 Å². The van der Waals surface area contributed by atoms with Gasteiger partial charge in [-0.25, -0.2) is 0 Å². The summed E-state index contributed by atoms with van der Waals surface area (Å²) in [4.78, 5) is 0. The molecule has 0 spiro atoms. The van der Waals surface area contributed by atoms with E-state index in [1.807, 2.05) is 60.7 Å². The van der Waals surface area contributed by atoms with Gasteiger partial charge in [0.2, 0.25) is 0 Å². The Hall–Kier alpha value is -4.32. The zero-order chi connectivity index (χ0) is 26.7. The van der Waals surface area contributed by atoms with Crippen LogP contribution in [0.3, 0.4) is 0 Å². The second-order valence-electron chi connectivity index (χ2n) is 9.20. The number of rotatable bonds is 2. The highest BCUT2D eigenvalue weighted by Crippen LogP contribution is 2.46. The SMILES string of the molecule is FC(F)(F)c1cc(-c2c3ccccc3c(-c3ccc4ccccc4c3)c3ccccc23)cc(C(F)(F)F)c1. The molecule has 6 aromatic carbocycles. The van der Waals surface area contributed by atoms with Crippen LogP contribution in [0, 0.1) is 0 Å². The van der Waals surface area contributed by atoms with Gasteiger partial charge >= 0.3 is 12.4 Å². The number of hydrogen-bond acceptors (Lipinski definition) is 0. The summed E-state index contributed by atoms with van der Waals surface area (Å²) in [6, 6.07) is 30.0. The monoisotopic (exact) mass is 516 g/mol. The molecule has 0 atom stereocenters. The average Bonchev–Trinajstić information content (AvgIpc) is 2.90. The predicted molar refractivity (Wildman–Crippen MR) is 140 cm³/mol. The third-order valence-electron chi connectivity index (χ3n) is 6.85. The Kier molecular flexibility index (Phi) is 5.45. The molecule has 188 valence electrons. The van der Waals surface area contributed by atoms with Crippen molar-refractivity contribution in [2.45, 2.75) is 12.4 Å². The maximum atomic E-state index is 13.7. The molecule has 0 heterocycles. The number of benzene rings is 6. The molecule has 0 saturated carbocycles. The molecule has 0 nitrogen and oxygen atoms in total. The number of halogens is 6. The molecule has 0 aromatic heterocycles. The molecular formula is C32H18F6. The second-order valence-corrected chi connectivity index (χ2v) is 9.20. The van der Waals surface area contributed by atoms with Crippen LogP contribution in [0.15, 0.2) is 109 Å². The summed E-state index contributed by atoms with van der Waals surface area (Å²) in [7, 11) is 0. The largest absolute Gasteiger partial charge is 0.416 e. The highest BCUT2D eigenvalue weighted by molar-refractivity contribution is 6.21. The fraction of sp³-hybridized carbons (Fsp3) is 0.0625. The molecule has 6 heteroatoms. The van der Waals surface area contributed by atoms with E-state index in [1.54, 1.807) is 24.3 Å². The molecule has 0 amide bonds. The van der Waals surface area contributed by atoms with E-state index in [2.05, 4.69) is 6.07 Å². The highest BCUT2D eigenvalue weighted by Gasteiger charge is 2.37. The van der Waals surface area contributed by atoms with Crippen molar-refractivity contribution in [3.05, 3.63) is 120 Å². The van der Waals surface area contributed by atoms with Crippen LogP contribution < -0.4 is 0 Å². The Bertz CT molecular complexity index is 1750. The topological polar surface area (TPSA) is 0 Å². The summed E-state index contributed by atoms with van der Waals surface area (Å²) < 4.78 is 82.4. The van der Waals surface area contributed by atoms with Crippen LogP contribution in [-0.2, 0) is 12.4 Å². The standard InChI is InChI=1S/C32H18F6/c33-31(34,35)23-16-22(17-24(18-23)32(36,37)38)30-27-11-5-3-9-25(27)29(26-10-4-6-12-28(26)30)21-14-13-19-7-1-2-8-20(19)15-21/h1-18H. The van der Waals surface area contributed by atoms with Gasteiger partial charge in [0.1, 0.15) is 0 Å². The van der Waals surface area contributed by atoms with Gasteiger partial charge in [0.15, 0.2) is 0 Å². The maximum Gasteiger partial charge on any atom is 0.416 e. The van der Waals surface area contributed by atoms with Crippen molar-refractivity contribution in [1.29, 1.82) is 0 Å². The normalized spacial score (nSPS) is 12.5. The van der Waals surface area contributed by atoms with Crippen molar-refractivity contribution in [2.75, 3.05) is 0 Å². The van der Waals surface area contributed by atoms with Crippen LogP contribution in [0.25, 0.3) is 54.6 Å². The number of alkyl halides is 6. The first-order chi connectivity index (χ1) is 18.1. The molecule has 0 aliphatic carbocycles. The lowest BCUT2D eigenvalue weighted by atomic mass is 9.85. The first-order valence-corrected chi connectivity index (χ1v) is 11.8. The van der Waals surface area contributed by atoms with Crippen molar-refractivity contribution in [1.82, 2.24) is 0 Å². The maximum absolute atomic E-state index is 13.7. The first-order valence-electron chi connectivity index (χ1n) is 11.8. The Morgan fingerprint density at radius 3 is 1.26 bits per heavy atom. The minimum absolute atomic E-state index is 0.135. The summed E-state index contributed by atoms with van der Waals surface area (Å²) in [5.41, 5.74) is -0.707. The van der Waals surface area contributed by atoms with Crippen LogP contribution in [-0.4, -0.2) is 0 Å². The van der Waals surface area contributed by atoms with Gasteiger partial charge in [0.05, 0.1) is 11.1 Å². The number of fused-ring (bicyclic) bond motifs is 3. The van der Waals surface area contributed by atoms with Crippen molar-refractivity contribution in [3.63, 3.8) is 0 Å². The van der Waals surface area contributed by atoms with Gasteiger partial charge in [-0.2, -0.15) is 26.3 Å². The lowest BCUT2D eigenvalue weighted by Gasteiger charge is -2.20. The quantitative estimate of drug-likeness (QED) is 0.159. The van der Waals surface area contributed by atoms with E-state index >= 15 is 0 Å². The molecule has 0 N–H and O–H groups in total. The fourth-order valence-electron chi connectivity index (χ4n) is 5.19. The van der Waals surface area contributed by atoms with Gasteiger partial charge in [0.25, 0.3) is 0 Å². The molecule has 6 rings (SSSR count). The van der Waals surface area contributed by atoms with Gasteiger partial charge in [-0.1, -0.05) is 84.9 Å². The lowest BCUT2D eigenvalue weighted by molar-refractivity contribution is -0.143. The molecule has 0 aliphatic heterocycles. The van der Waals surface area contributed by atoms with Crippen molar-refractivity contribution in [3.8, 4) is 22.3 Å². The summed E-state index contributed by atoms with van der Waals surface area (Å²) >= 11 is 0. The van der Waals surface area contributed by atoms with Crippen molar-refractivity contribution in [2.24, 2.45) is 0 Å². The molecule has 6 aromatic rings. The van der Waals surface area contributed by atoms with Gasteiger partial charge in [0, 0.05) is 0 Å². The van der Waals surface area contributed by atoms with Crippen LogP contribution in [0.1, 0.15) is 11.1 Å². The highest BCUT2D eigenvalue weighted by atomic mass is 19.4. The Balaban J connectivity index is 1.74. The van der Waals surface area contributed by atoms with E-state index in [4.69, 9.17) is 0 Å². The average molecular weight is 516 g/mol. The van der Waals surface area contributed by atoms with Crippen molar-refractivity contribution < 1.29 is 26.3 Å². The second kappa shape index (κ2) is 8.62. The fourth-order valence-corrected chi connectivity index (χ4v) is 5.19. The van der Waals surface area contributed by atoms with E-state index < -0.39 is 23.5 Å². The predicted octanol–water partition coefficient (Wildman–Crippen LogP) is 10.5. The van der Waals surface area contributed by atoms with Crippen molar-refractivity contribution >= 4 is 32.3 Å². The van der Waals surface area contributed by atoms with Gasteiger partial charge in [-0.05, 0) is 78.8 Å². The van der Waals surface area contributed by atoms with Crippen LogP contribution in [0.5, 0.6) is 0 Å². The van der Waals surface area contributed by atoms with E-state index in [9.17, 15) is 26.3 Å². The molecule has 0 unspecified atom stereocenters. The van der Waals surface area contributed by atoms with E-state index in [0.29, 0.717) is 16.3 Å². The van der Waals surface area contributed by atoms with Crippen LogP contribution >= 0.6 is 0 Å². The smallest absolute Gasteiger partial charge is 0.166 e. The van der Waals surface area contributed by atoms with Gasteiger partial charge in [-0.3, -0.25) is 0 Å². The van der Waals surface area contributed by atoms with E-state index in [0.717, 1.165) is 44.8 Å².